The van der Waals surface area contributed by atoms with Crippen LogP contribution in [0.25, 0.3) is 0 Å². The summed E-state index contributed by atoms with van der Waals surface area (Å²) in [6.07, 6.45) is 0. The van der Waals surface area contributed by atoms with Crippen LogP contribution in [-0.4, -0.2) is 27.3 Å². The Bertz CT molecular complexity index is 716. The van der Waals surface area contributed by atoms with Crippen molar-refractivity contribution in [3.05, 3.63) is 53.6 Å². The molecule has 0 spiro atoms. The van der Waals surface area contributed by atoms with Crippen molar-refractivity contribution in [3.8, 4) is 5.75 Å². The van der Waals surface area contributed by atoms with E-state index in [1.165, 1.54) is 0 Å². The van der Waals surface area contributed by atoms with Gasteiger partial charge in [-0.3, -0.25) is 0 Å². The summed E-state index contributed by atoms with van der Waals surface area (Å²) in [5.74, 6) is 1.29. The Hall–Kier alpha value is -1.21. The first-order chi connectivity index (χ1) is 11.0. The highest BCUT2D eigenvalue weighted by molar-refractivity contribution is 7.99. The Kier molecular flexibility index (Phi) is 6.77. The topological polar surface area (TPSA) is 55.4 Å². The molecule has 2 rings (SSSR count). The van der Waals surface area contributed by atoms with Crippen molar-refractivity contribution < 1.29 is 13.2 Å². The lowest BCUT2D eigenvalue weighted by Gasteiger charge is -2.08. The van der Waals surface area contributed by atoms with E-state index in [1.807, 2.05) is 31.2 Å². The van der Waals surface area contributed by atoms with Crippen LogP contribution in [0.4, 0.5) is 0 Å². The zero-order valence-electron chi connectivity index (χ0n) is 12.7. The molecule has 0 bridgehead atoms. The minimum Gasteiger partial charge on any atom is -0.494 e. The maximum atomic E-state index is 12.2. The van der Waals surface area contributed by atoms with Gasteiger partial charge < -0.3 is 4.74 Å². The summed E-state index contributed by atoms with van der Waals surface area (Å²) in [7, 11) is -3.49. The van der Waals surface area contributed by atoms with Crippen LogP contribution in [0, 0.1) is 0 Å². The second-order valence-electron chi connectivity index (χ2n) is 4.60. The molecule has 1 N–H and O–H groups in total. The summed E-state index contributed by atoms with van der Waals surface area (Å²) in [6.45, 7) is 2.78. The summed E-state index contributed by atoms with van der Waals surface area (Å²) in [4.78, 5) is 1.28. The van der Waals surface area contributed by atoms with Gasteiger partial charge in [-0.05, 0) is 55.5 Å². The predicted molar refractivity (Wildman–Crippen MR) is 95.0 cm³/mol. The first-order valence-corrected chi connectivity index (χ1v) is 9.97. The monoisotopic (exact) mass is 371 g/mol. The van der Waals surface area contributed by atoms with E-state index in [0.29, 0.717) is 29.7 Å². The highest BCUT2D eigenvalue weighted by Gasteiger charge is 2.13. The fourth-order valence-corrected chi connectivity index (χ4v) is 3.90. The molecule has 0 amide bonds. The second kappa shape index (κ2) is 8.59. The molecule has 0 heterocycles. The third kappa shape index (κ3) is 5.73. The number of thioether (sulfide) groups is 1. The molecule has 0 radical (unpaired) electrons. The molecular formula is C16H18ClNO3S2. The number of sulfonamides is 1. The maximum absolute atomic E-state index is 12.2. The summed E-state index contributed by atoms with van der Waals surface area (Å²) in [5, 5.41) is 0.686. The van der Waals surface area contributed by atoms with Gasteiger partial charge >= 0.3 is 0 Å². The number of hydrogen-bond acceptors (Lipinski definition) is 4. The molecule has 0 saturated heterocycles. The standard InChI is InChI=1S/C16H18ClNO3S2/c1-2-21-14-5-9-16(10-6-14)23(19,20)18-11-12-22-15-7-3-13(17)4-8-15/h3-10,18H,2,11-12H2,1H3. The lowest BCUT2D eigenvalue weighted by atomic mass is 10.3. The number of ether oxygens (including phenoxy) is 1. The largest absolute Gasteiger partial charge is 0.494 e. The lowest BCUT2D eigenvalue weighted by molar-refractivity contribution is 0.340. The molecule has 0 unspecified atom stereocenters. The molecule has 0 atom stereocenters. The number of rotatable bonds is 8. The molecule has 0 aliphatic rings. The van der Waals surface area contributed by atoms with E-state index in [4.69, 9.17) is 16.3 Å². The highest BCUT2D eigenvalue weighted by Crippen LogP contribution is 2.20. The molecule has 2 aromatic rings. The van der Waals surface area contributed by atoms with Crippen LogP contribution in [-0.2, 0) is 10.0 Å². The quantitative estimate of drug-likeness (QED) is 0.566. The third-order valence-corrected chi connectivity index (χ3v) is 5.66. The van der Waals surface area contributed by atoms with E-state index in [1.54, 1.807) is 36.0 Å². The highest BCUT2D eigenvalue weighted by atomic mass is 35.5. The van der Waals surface area contributed by atoms with Gasteiger partial charge in [-0.2, -0.15) is 0 Å². The molecule has 0 saturated carbocycles. The molecule has 23 heavy (non-hydrogen) atoms. The van der Waals surface area contributed by atoms with Gasteiger partial charge in [-0.1, -0.05) is 11.6 Å². The SMILES string of the molecule is CCOc1ccc(S(=O)(=O)NCCSc2ccc(Cl)cc2)cc1. The molecule has 0 aliphatic heterocycles. The van der Waals surface area contributed by atoms with Crippen molar-refractivity contribution in [1.29, 1.82) is 0 Å². The number of benzene rings is 2. The maximum Gasteiger partial charge on any atom is 0.240 e. The van der Waals surface area contributed by atoms with E-state index in [9.17, 15) is 8.42 Å². The first kappa shape index (κ1) is 18.1. The summed E-state index contributed by atoms with van der Waals surface area (Å²) < 4.78 is 32.3. The van der Waals surface area contributed by atoms with Crippen LogP contribution in [0.2, 0.25) is 5.02 Å². The molecular weight excluding hydrogens is 354 g/mol. The molecule has 124 valence electrons. The van der Waals surface area contributed by atoms with Gasteiger partial charge in [0.1, 0.15) is 5.75 Å². The number of halogens is 1. The average molecular weight is 372 g/mol. The zero-order chi connectivity index (χ0) is 16.7. The van der Waals surface area contributed by atoms with Crippen LogP contribution < -0.4 is 9.46 Å². The van der Waals surface area contributed by atoms with Gasteiger partial charge in [0.05, 0.1) is 11.5 Å². The van der Waals surface area contributed by atoms with Gasteiger partial charge in [-0.25, -0.2) is 13.1 Å². The van der Waals surface area contributed by atoms with E-state index >= 15 is 0 Å². The minimum absolute atomic E-state index is 0.234. The van der Waals surface area contributed by atoms with E-state index in [0.717, 1.165) is 4.90 Å². The van der Waals surface area contributed by atoms with E-state index in [2.05, 4.69) is 4.72 Å². The van der Waals surface area contributed by atoms with Crippen molar-refractivity contribution in [2.24, 2.45) is 0 Å². The van der Waals surface area contributed by atoms with Gasteiger partial charge in [0.2, 0.25) is 10.0 Å². The van der Waals surface area contributed by atoms with E-state index < -0.39 is 10.0 Å². The van der Waals surface area contributed by atoms with Crippen LogP contribution in [0.1, 0.15) is 6.92 Å². The lowest BCUT2D eigenvalue weighted by Crippen LogP contribution is -2.26. The second-order valence-corrected chi connectivity index (χ2v) is 7.98. The molecule has 0 fully saturated rings. The van der Waals surface area contributed by atoms with Crippen LogP contribution >= 0.6 is 23.4 Å². The Morgan fingerprint density at radius 2 is 1.74 bits per heavy atom. The minimum atomic E-state index is -3.49. The molecule has 4 nitrogen and oxygen atoms in total. The van der Waals surface area contributed by atoms with E-state index in [-0.39, 0.29) is 4.90 Å². The van der Waals surface area contributed by atoms with Gasteiger partial charge in [0, 0.05) is 22.2 Å². The average Bonchev–Trinajstić information content (AvgIpc) is 2.54. The molecule has 7 heteroatoms. The Morgan fingerprint density at radius 1 is 1.09 bits per heavy atom. The number of hydrogen-bond donors (Lipinski definition) is 1. The van der Waals surface area contributed by atoms with Gasteiger partial charge in [0.15, 0.2) is 0 Å². The summed E-state index contributed by atoms with van der Waals surface area (Å²) in [5.41, 5.74) is 0. The van der Waals surface area contributed by atoms with Gasteiger partial charge in [-0.15, -0.1) is 11.8 Å². The fraction of sp³-hybridized carbons (Fsp3) is 0.250. The molecule has 0 aliphatic carbocycles. The van der Waals surface area contributed by atoms with Crippen LogP contribution in [0.5, 0.6) is 5.75 Å². The Labute approximate surface area is 146 Å². The summed E-state index contributed by atoms with van der Waals surface area (Å²) >= 11 is 7.39. The molecule has 2 aromatic carbocycles. The van der Waals surface area contributed by atoms with Crippen LogP contribution in [0.3, 0.4) is 0 Å². The summed E-state index contributed by atoms with van der Waals surface area (Å²) in [6, 6.07) is 13.8. The first-order valence-electron chi connectivity index (χ1n) is 7.12. The zero-order valence-corrected chi connectivity index (χ0v) is 15.0. The van der Waals surface area contributed by atoms with Crippen molar-refractivity contribution in [3.63, 3.8) is 0 Å². The Morgan fingerprint density at radius 3 is 2.35 bits per heavy atom. The van der Waals surface area contributed by atoms with Crippen LogP contribution in [0.15, 0.2) is 58.3 Å². The van der Waals surface area contributed by atoms with Crippen molar-refractivity contribution in [1.82, 2.24) is 4.72 Å². The Balaban J connectivity index is 1.84. The van der Waals surface area contributed by atoms with Crippen molar-refractivity contribution in [2.75, 3.05) is 18.9 Å². The van der Waals surface area contributed by atoms with Gasteiger partial charge in [0.25, 0.3) is 0 Å². The third-order valence-electron chi connectivity index (χ3n) is 2.92. The fourth-order valence-electron chi connectivity index (χ4n) is 1.84. The van der Waals surface area contributed by atoms with Crippen molar-refractivity contribution in [2.45, 2.75) is 16.7 Å². The van der Waals surface area contributed by atoms with Crippen molar-refractivity contribution >= 4 is 33.4 Å². The normalized spacial score (nSPS) is 11.4. The number of nitrogens with one attached hydrogen (secondary N) is 1. The smallest absolute Gasteiger partial charge is 0.240 e. The molecule has 0 aromatic heterocycles. The predicted octanol–water partition coefficient (Wildman–Crippen LogP) is 3.81.